The lowest BCUT2D eigenvalue weighted by atomic mass is 10.1. The Morgan fingerprint density at radius 1 is 1.10 bits per heavy atom. The number of nitrogens with one attached hydrogen (secondary N) is 2. The predicted octanol–water partition coefficient (Wildman–Crippen LogP) is 1.86. The van der Waals surface area contributed by atoms with Crippen LogP contribution in [0.2, 0.25) is 0 Å². The zero-order chi connectivity index (χ0) is 15.1. The molecule has 1 aliphatic rings. The molecule has 2 amide bonds. The normalized spacial score (nSPS) is 14.8. The molecule has 0 radical (unpaired) electrons. The van der Waals surface area contributed by atoms with Gasteiger partial charge in [-0.1, -0.05) is 6.92 Å². The lowest BCUT2D eigenvalue weighted by molar-refractivity contribution is -0.115. The topological polar surface area (TPSA) is 61.4 Å². The fraction of sp³-hybridized carbons (Fsp3) is 0.500. The van der Waals surface area contributed by atoms with Gasteiger partial charge in [-0.25, -0.2) is 0 Å². The Kier molecular flexibility index (Phi) is 5.75. The second-order valence-electron chi connectivity index (χ2n) is 5.26. The highest BCUT2D eigenvalue weighted by molar-refractivity contribution is 5.96. The molecule has 5 nitrogen and oxygen atoms in total. The predicted molar refractivity (Wildman–Crippen MR) is 83.4 cm³/mol. The first kappa shape index (κ1) is 15.5. The molecule has 1 fully saturated rings. The average Bonchev–Trinajstić information content (AvgIpc) is 2.54. The number of piperidine rings is 1. The van der Waals surface area contributed by atoms with E-state index in [0.717, 1.165) is 32.5 Å². The zero-order valence-corrected chi connectivity index (χ0v) is 12.5. The number of rotatable bonds is 5. The number of hydrogen-bond acceptors (Lipinski definition) is 3. The molecule has 5 heteroatoms. The highest BCUT2D eigenvalue weighted by Crippen LogP contribution is 2.15. The number of amides is 2. The summed E-state index contributed by atoms with van der Waals surface area (Å²) in [6.07, 6.45) is 3.38. The molecule has 0 aliphatic carbocycles. The fourth-order valence-corrected chi connectivity index (χ4v) is 2.42. The lowest BCUT2D eigenvalue weighted by Gasteiger charge is -2.26. The summed E-state index contributed by atoms with van der Waals surface area (Å²) in [6.45, 7) is 4.70. The quantitative estimate of drug-likeness (QED) is 0.870. The van der Waals surface area contributed by atoms with E-state index in [0.29, 0.717) is 17.8 Å². The first-order valence-electron chi connectivity index (χ1n) is 7.60. The van der Waals surface area contributed by atoms with Crippen molar-refractivity contribution in [2.45, 2.75) is 26.2 Å². The number of carbonyl (C=O) groups is 2. The minimum absolute atomic E-state index is 0.0769. The van der Waals surface area contributed by atoms with Crippen molar-refractivity contribution < 1.29 is 9.59 Å². The number of nitrogens with zero attached hydrogens (tertiary/aromatic N) is 1. The Morgan fingerprint density at radius 3 is 2.38 bits per heavy atom. The van der Waals surface area contributed by atoms with E-state index in [9.17, 15) is 9.59 Å². The molecule has 0 spiro atoms. The van der Waals surface area contributed by atoms with Crippen molar-refractivity contribution in [1.29, 1.82) is 0 Å². The van der Waals surface area contributed by atoms with Gasteiger partial charge in [0.1, 0.15) is 0 Å². The second-order valence-corrected chi connectivity index (χ2v) is 5.26. The number of anilines is 1. The molecule has 0 aromatic heterocycles. The molecule has 1 heterocycles. The molecule has 0 unspecified atom stereocenters. The van der Waals surface area contributed by atoms with Crippen LogP contribution in [0.1, 0.15) is 36.5 Å². The summed E-state index contributed by atoms with van der Waals surface area (Å²) in [5.74, 6) is 0.00665. The minimum atomic E-state index is -0.0769. The van der Waals surface area contributed by atoms with Gasteiger partial charge in [0.05, 0.1) is 6.54 Å². The Bertz CT molecular complexity index is 479. The van der Waals surface area contributed by atoms with Crippen molar-refractivity contribution in [2.75, 3.05) is 31.5 Å². The molecule has 1 saturated heterocycles. The van der Waals surface area contributed by atoms with Crippen LogP contribution in [0.5, 0.6) is 0 Å². The van der Waals surface area contributed by atoms with Gasteiger partial charge in [0.2, 0.25) is 5.91 Å². The Hall–Kier alpha value is -1.88. The van der Waals surface area contributed by atoms with Crippen molar-refractivity contribution in [2.24, 2.45) is 0 Å². The molecule has 2 N–H and O–H groups in total. The van der Waals surface area contributed by atoms with Gasteiger partial charge in [-0.2, -0.15) is 0 Å². The molecule has 0 saturated carbocycles. The maximum Gasteiger partial charge on any atom is 0.253 e. The van der Waals surface area contributed by atoms with E-state index in [4.69, 9.17) is 0 Å². The van der Waals surface area contributed by atoms with Gasteiger partial charge in [0.25, 0.3) is 5.91 Å². The van der Waals surface area contributed by atoms with Gasteiger partial charge >= 0.3 is 0 Å². The van der Waals surface area contributed by atoms with Crippen LogP contribution in [0.4, 0.5) is 5.69 Å². The van der Waals surface area contributed by atoms with E-state index in [1.54, 1.807) is 24.3 Å². The van der Waals surface area contributed by atoms with Gasteiger partial charge in [-0.05, 0) is 50.1 Å². The molecule has 2 rings (SSSR count). The van der Waals surface area contributed by atoms with Gasteiger partial charge < -0.3 is 15.5 Å². The molecular formula is C16H23N3O2. The van der Waals surface area contributed by atoms with Gasteiger partial charge in [0, 0.05) is 24.3 Å². The highest BCUT2D eigenvalue weighted by Gasteiger charge is 2.17. The maximum atomic E-state index is 12.3. The zero-order valence-electron chi connectivity index (χ0n) is 12.5. The van der Waals surface area contributed by atoms with Crippen molar-refractivity contribution in [1.82, 2.24) is 10.2 Å². The Morgan fingerprint density at radius 2 is 1.76 bits per heavy atom. The standard InChI is InChI=1S/C16H23N3O2/c1-2-17-12-15(20)18-14-8-6-13(7-9-14)16(21)19-10-4-3-5-11-19/h6-9,17H,2-5,10-12H2,1H3,(H,18,20). The molecule has 21 heavy (non-hydrogen) atoms. The van der Waals surface area contributed by atoms with Crippen LogP contribution in [0.25, 0.3) is 0 Å². The van der Waals surface area contributed by atoms with Crippen LogP contribution in [-0.2, 0) is 4.79 Å². The molecule has 0 atom stereocenters. The van der Waals surface area contributed by atoms with E-state index in [-0.39, 0.29) is 11.8 Å². The van der Waals surface area contributed by atoms with E-state index in [1.165, 1.54) is 6.42 Å². The molecule has 1 aromatic carbocycles. The summed E-state index contributed by atoms with van der Waals surface area (Å²) in [5.41, 5.74) is 1.40. The van der Waals surface area contributed by atoms with Crippen LogP contribution in [0.3, 0.4) is 0 Å². The van der Waals surface area contributed by atoms with Crippen molar-refractivity contribution in [3.05, 3.63) is 29.8 Å². The number of benzene rings is 1. The lowest BCUT2D eigenvalue weighted by Crippen LogP contribution is -2.35. The SMILES string of the molecule is CCNCC(=O)Nc1ccc(C(=O)N2CCCCC2)cc1. The second kappa shape index (κ2) is 7.78. The largest absolute Gasteiger partial charge is 0.339 e. The van der Waals surface area contributed by atoms with E-state index in [2.05, 4.69) is 10.6 Å². The number of likely N-dealkylation sites (N-methyl/N-ethyl adjacent to an activating group) is 1. The number of hydrogen-bond donors (Lipinski definition) is 2. The van der Waals surface area contributed by atoms with Crippen LogP contribution >= 0.6 is 0 Å². The third-order valence-corrected chi connectivity index (χ3v) is 3.59. The number of likely N-dealkylation sites (tertiary alicyclic amines) is 1. The first-order chi connectivity index (χ1) is 10.2. The van der Waals surface area contributed by atoms with Gasteiger partial charge in [-0.3, -0.25) is 9.59 Å². The molecule has 0 bridgehead atoms. The summed E-state index contributed by atoms with van der Waals surface area (Å²) >= 11 is 0. The molecule has 1 aromatic rings. The van der Waals surface area contributed by atoms with E-state index < -0.39 is 0 Å². The summed E-state index contributed by atoms with van der Waals surface area (Å²) in [4.78, 5) is 25.8. The van der Waals surface area contributed by atoms with E-state index in [1.807, 2.05) is 11.8 Å². The van der Waals surface area contributed by atoms with Crippen LogP contribution in [0.15, 0.2) is 24.3 Å². The highest BCUT2D eigenvalue weighted by atomic mass is 16.2. The molecular weight excluding hydrogens is 266 g/mol. The van der Waals surface area contributed by atoms with Crippen molar-refractivity contribution in [3.8, 4) is 0 Å². The summed E-state index contributed by atoms with van der Waals surface area (Å²) in [7, 11) is 0. The van der Waals surface area contributed by atoms with Gasteiger partial charge in [-0.15, -0.1) is 0 Å². The van der Waals surface area contributed by atoms with Crippen LogP contribution in [0, 0.1) is 0 Å². The fourth-order valence-electron chi connectivity index (χ4n) is 2.42. The molecule has 114 valence electrons. The number of carbonyl (C=O) groups excluding carboxylic acids is 2. The van der Waals surface area contributed by atoms with E-state index >= 15 is 0 Å². The minimum Gasteiger partial charge on any atom is -0.339 e. The monoisotopic (exact) mass is 289 g/mol. The summed E-state index contributed by atoms with van der Waals surface area (Å²) in [6, 6.07) is 7.11. The smallest absolute Gasteiger partial charge is 0.253 e. The summed E-state index contributed by atoms with van der Waals surface area (Å²) < 4.78 is 0. The average molecular weight is 289 g/mol. The van der Waals surface area contributed by atoms with Crippen molar-refractivity contribution in [3.63, 3.8) is 0 Å². The van der Waals surface area contributed by atoms with Crippen molar-refractivity contribution >= 4 is 17.5 Å². The third-order valence-electron chi connectivity index (χ3n) is 3.59. The maximum absolute atomic E-state index is 12.3. The van der Waals surface area contributed by atoms with Crippen LogP contribution in [-0.4, -0.2) is 42.9 Å². The first-order valence-corrected chi connectivity index (χ1v) is 7.60. The third kappa shape index (κ3) is 4.56. The Balaban J connectivity index is 1.91. The van der Waals surface area contributed by atoms with Crippen LogP contribution < -0.4 is 10.6 Å². The van der Waals surface area contributed by atoms with Gasteiger partial charge in [0.15, 0.2) is 0 Å². The Labute approximate surface area is 125 Å². The summed E-state index contributed by atoms with van der Waals surface area (Å²) in [5, 5.41) is 5.76. The molecule has 1 aliphatic heterocycles.